The zero-order valence-corrected chi connectivity index (χ0v) is 11.8. The van der Waals surface area contributed by atoms with Gasteiger partial charge in [0.05, 0.1) is 4.88 Å². The monoisotopic (exact) mass is 288 g/mol. The molecule has 0 aliphatic carbocycles. The molecule has 6 nitrogen and oxygen atoms in total. The lowest BCUT2D eigenvalue weighted by molar-refractivity contribution is -0.140. The number of benzene rings is 1. The van der Waals surface area contributed by atoms with E-state index in [0.717, 1.165) is 15.0 Å². The Kier molecular flexibility index (Phi) is 2.98. The number of aliphatic carboxylic acids is 1. The van der Waals surface area contributed by atoms with Gasteiger partial charge in [0.25, 0.3) is 0 Å². The molecule has 0 radical (unpaired) electrons. The zero-order valence-electron chi connectivity index (χ0n) is 10.9. The van der Waals surface area contributed by atoms with Crippen LogP contribution in [0.4, 0.5) is 0 Å². The minimum atomic E-state index is -0.962. The summed E-state index contributed by atoms with van der Waals surface area (Å²) in [6.45, 7) is 3.59. The largest absolute Gasteiger partial charge is 0.480 e. The summed E-state index contributed by atoms with van der Waals surface area (Å²) in [6.07, 6.45) is 0. The van der Waals surface area contributed by atoms with Crippen molar-refractivity contribution in [3.63, 3.8) is 0 Å². The van der Waals surface area contributed by atoms with Crippen LogP contribution in [-0.2, 0) is 4.79 Å². The maximum atomic E-state index is 11.1. The third kappa shape index (κ3) is 2.05. The van der Waals surface area contributed by atoms with Crippen molar-refractivity contribution in [2.75, 3.05) is 0 Å². The molecule has 2 aromatic heterocycles. The van der Waals surface area contributed by atoms with Crippen molar-refractivity contribution in [1.29, 1.82) is 0 Å². The number of nitrogens with zero attached hydrogens (tertiary/aromatic N) is 4. The van der Waals surface area contributed by atoms with Gasteiger partial charge in [0, 0.05) is 4.70 Å². The molecular formula is C13H12N4O2S. The maximum absolute atomic E-state index is 11.1. The van der Waals surface area contributed by atoms with Crippen molar-refractivity contribution >= 4 is 27.4 Å². The molecular weight excluding hydrogens is 276 g/mol. The molecule has 102 valence electrons. The van der Waals surface area contributed by atoms with Gasteiger partial charge in [0.2, 0.25) is 0 Å². The highest BCUT2D eigenvalue weighted by Gasteiger charge is 2.21. The van der Waals surface area contributed by atoms with E-state index in [-0.39, 0.29) is 0 Å². The minimum absolute atomic E-state index is 0.485. The van der Waals surface area contributed by atoms with Crippen LogP contribution in [0.5, 0.6) is 0 Å². The predicted molar refractivity (Wildman–Crippen MR) is 75.7 cm³/mol. The second-order valence-corrected chi connectivity index (χ2v) is 5.70. The van der Waals surface area contributed by atoms with E-state index < -0.39 is 12.0 Å². The number of hydrogen-bond donors (Lipinski definition) is 1. The quantitative estimate of drug-likeness (QED) is 0.801. The van der Waals surface area contributed by atoms with Crippen molar-refractivity contribution in [1.82, 2.24) is 20.2 Å². The summed E-state index contributed by atoms with van der Waals surface area (Å²) in [6, 6.07) is 7.36. The molecule has 0 saturated heterocycles. The Morgan fingerprint density at radius 3 is 2.95 bits per heavy atom. The number of carboxylic acid groups (broad SMARTS) is 1. The summed E-state index contributed by atoms with van der Waals surface area (Å²) in [5, 5.41) is 21.5. The average Bonchev–Trinajstić information content (AvgIpc) is 3.02. The molecule has 1 N–H and O–H groups in total. The second-order valence-electron chi connectivity index (χ2n) is 4.61. The van der Waals surface area contributed by atoms with Crippen LogP contribution >= 0.6 is 11.3 Å². The molecule has 0 fully saturated rings. The number of carboxylic acids is 1. The van der Waals surface area contributed by atoms with Crippen molar-refractivity contribution in [2.24, 2.45) is 0 Å². The number of tetrazole rings is 1. The van der Waals surface area contributed by atoms with Gasteiger partial charge >= 0.3 is 5.97 Å². The maximum Gasteiger partial charge on any atom is 0.328 e. The molecule has 1 atom stereocenters. The smallest absolute Gasteiger partial charge is 0.328 e. The molecule has 1 aromatic carbocycles. The molecule has 1 unspecified atom stereocenters. The van der Waals surface area contributed by atoms with E-state index in [1.807, 2.05) is 25.1 Å². The van der Waals surface area contributed by atoms with Crippen LogP contribution in [0.3, 0.4) is 0 Å². The summed E-state index contributed by atoms with van der Waals surface area (Å²) in [5.41, 5.74) is 1.18. The number of aryl methyl sites for hydroxylation is 1. The van der Waals surface area contributed by atoms with E-state index in [9.17, 15) is 4.79 Å². The third-order valence-corrected chi connectivity index (χ3v) is 4.21. The number of hydrogen-bond acceptors (Lipinski definition) is 5. The number of carbonyl (C=O) groups is 1. The van der Waals surface area contributed by atoms with E-state index in [2.05, 4.69) is 21.6 Å². The lowest BCUT2D eigenvalue weighted by atomic mass is 10.2. The Morgan fingerprint density at radius 1 is 1.40 bits per heavy atom. The summed E-state index contributed by atoms with van der Waals surface area (Å²) in [7, 11) is 0. The normalized spacial score (nSPS) is 12.7. The first kappa shape index (κ1) is 12.7. The SMILES string of the molecule is Cc1ccc2cc(-c3nnnn3C(C)C(=O)O)sc2c1. The Labute approximate surface area is 118 Å². The molecule has 20 heavy (non-hydrogen) atoms. The van der Waals surface area contributed by atoms with Crippen LogP contribution in [0.25, 0.3) is 20.8 Å². The average molecular weight is 288 g/mol. The lowest BCUT2D eigenvalue weighted by Gasteiger charge is -2.06. The van der Waals surface area contributed by atoms with Crippen molar-refractivity contribution < 1.29 is 9.90 Å². The van der Waals surface area contributed by atoms with E-state index in [4.69, 9.17) is 5.11 Å². The molecule has 3 rings (SSSR count). The van der Waals surface area contributed by atoms with Gasteiger partial charge in [-0.1, -0.05) is 12.1 Å². The standard InChI is InChI=1S/C13H12N4O2S/c1-7-3-4-9-6-11(20-10(9)5-7)12-14-15-16-17(12)8(2)13(18)19/h3-6,8H,1-2H3,(H,18,19). The molecule has 0 amide bonds. The Morgan fingerprint density at radius 2 is 2.20 bits per heavy atom. The predicted octanol–water partition coefficient (Wildman–Crippen LogP) is 2.51. The van der Waals surface area contributed by atoms with Gasteiger partial charge in [-0.25, -0.2) is 9.48 Å². The molecule has 3 aromatic rings. The van der Waals surface area contributed by atoms with Gasteiger partial charge in [-0.2, -0.15) is 0 Å². The number of thiophene rings is 1. The number of aromatic nitrogens is 4. The highest BCUT2D eigenvalue weighted by Crippen LogP contribution is 2.33. The van der Waals surface area contributed by atoms with Crippen LogP contribution in [0.2, 0.25) is 0 Å². The van der Waals surface area contributed by atoms with Gasteiger partial charge in [-0.3, -0.25) is 0 Å². The number of rotatable bonds is 3. The molecule has 7 heteroatoms. The van der Waals surface area contributed by atoms with Gasteiger partial charge in [-0.05, 0) is 47.4 Å². The first-order valence-electron chi connectivity index (χ1n) is 6.07. The highest BCUT2D eigenvalue weighted by atomic mass is 32.1. The fraction of sp³-hybridized carbons (Fsp3) is 0.231. The Bertz CT molecular complexity index is 793. The molecule has 0 bridgehead atoms. The zero-order chi connectivity index (χ0) is 14.3. The summed E-state index contributed by atoms with van der Waals surface area (Å²) in [4.78, 5) is 11.9. The second kappa shape index (κ2) is 4.68. The van der Waals surface area contributed by atoms with Crippen LogP contribution in [0.15, 0.2) is 24.3 Å². The summed E-state index contributed by atoms with van der Waals surface area (Å²) in [5.74, 6) is -0.478. The van der Waals surface area contributed by atoms with Gasteiger partial charge in [-0.15, -0.1) is 16.4 Å². The van der Waals surface area contributed by atoms with Gasteiger partial charge in [0.1, 0.15) is 0 Å². The molecule has 0 saturated carbocycles. The summed E-state index contributed by atoms with van der Waals surface area (Å²) < 4.78 is 2.47. The third-order valence-electron chi connectivity index (χ3n) is 3.11. The van der Waals surface area contributed by atoms with Crippen LogP contribution in [-0.4, -0.2) is 31.3 Å². The van der Waals surface area contributed by atoms with E-state index >= 15 is 0 Å². The molecule has 0 spiro atoms. The molecule has 2 heterocycles. The fourth-order valence-corrected chi connectivity index (χ4v) is 3.11. The van der Waals surface area contributed by atoms with Crippen molar-refractivity contribution in [2.45, 2.75) is 19.9 Å². The Balaban J connectivity index is 2.12. The van der Waals surface area contributed by atoms with Gasteiger partial charge < -0.3 is 5.11 Å². The highest BCUT2D eigenvalue weighted by molar-refractivity contribution is 7.22. The van der Waals surface area contributed by atoms with Crippen molar-refractivity contribution in [3.05, 3.63) is 29.8 Å². The topological polar surface area (TPSA) is 80.9 Å². The summed E-state index contributed by atoms with van der Waals surface area (Å²) >= 11 is 1.56. The van der Waals surface area contributed by atoms with Crippen LogP contribution in [0, 0.1) is 6.92 Å². The van der Waals surface area contributed by atoms with Gasteiger partial charge in [0.15, 0.2) is 11.9 Å². The minimum Gasteiger partial charge on any atom is -0.480 e. The van der Waals surface area contributed by atoms with Crippen LogP contribution in [0.1, 0.15) is 18.5 Å². The van der Waals surface area contributed by atoms with E-state index in [1.165, 1.54) is 10.2 Å². The molecule has 0 aliphatic rings. The van der Waals surface area contributed by atoms with E-state index in [1.54, 1.807) is 18.3 Å². The first-order valence-corrected chi connectivity index (χ1v) is 6.89. The molecule has 0 aliphatic heterocycles. The first-order chi connectivity index (χ1) is 9.56. The van der Waals surface area contributed by atoms with Crippen molar-refractivity contribution in [3.8, 4) is 10.7 Å². The number of fused-ring (bicyclic) bond motifs is 1. The van der Waals surface area contributed by atoms with Crippen LogP contribution < -0.4 is 0 Å². The fourth-order valence-electron chi connectivity index (χ4n) is 1.97. The lowest BCUT2D eigenvalue weighted by Crippen LogP contribution is -2.17. The Hall–Kier alpha value is -2.28. The van der Waals surface area contributed by atoms with E-state index in [0.29, 0.717) is 5.82 Å².